The van der Waals surface area contributed by atoms with Crippen molar-refractivity contribution in [3.05, 3.63) is 71.5 Å². The van der Waals surface area contributed by atoms with Gasteiger partial charge in [0, 0.05) is 36.8 Å². The monoisotopic (exact) mass is 488 g/mol. The zero-order valence-electron chi connectivity index (χ0n) is 17.4. The zero-order valence-corrected chi connectivity index (χ0v) is 19.0. The molecule has 0 saturated carbocycles. The van der Waals surface area contributed by atoms with E-state index in [4.69, 9.17) is 0 Å². The van der Waals surface area contributed by atoms with Gasteiger partial charge >= 0.3 is 0 Å². The molecule has 33 heavy (non-hydrogen) atoms. The summed E-state index contributed by atoms with van der Waals surface area (Å²) in [6.45, 7) is 0.753. The SMILES string of the molecule is O=C(Nc1ccc(S(=O)(=O)Nc2nccs2)cc1)[C@H]1CC(=O)N(CCc2ccc(F)cc2)C1. The number of carbonyl (C=O) groups is 2. The first-order valence-corrected chi connectivity index (χ1v) is 12.5. The molecule has 1 aliphatic rings. The molecule has 0 unspecified atom stereocenters. The summed E-state index contributed by atoms with van der Waals surface area (Å²) in [6, 6.07) is 11.9. The number of nitrogens with one attached hydrogen (secondary N) is 2. The van der Waals surface area contributed by atoms with Crippen LogP contribution in [0.5, 0.6) is 0 Å². The maximum absolute atomic E-state index is 13.0. The lowest BCUT2D eigenvalue weighted by Crippen LogP contribution is -2.30. The molecule has 1 fully saturated rings. The molecule has 0 aliphatic carbocycles. The van der Waals surface area contributed by atoms with Gasteiger partial charge in [-0.2, -0.15) is 0 Å². The Bertz CT molecular complexity index is 1230. The molecule has 1 atom stereocenters. The second-order valence-electron chi connectivity index (χ2n) is 7.57. The van der Waals surface area contributed by atoms with Crippen molar-refractivity contribution in [3.8, 4) is 0 Å². The summed E-state index contributed by atoms with van der Waals surface area (Å²) in [7, 11) is -3.78. The standard InChI is InChI=1S/C22H21FN4O4S2/c23-17-3-1-15(2-4-17)9-11-27-14-16(13-20(27)28)21(29)25-18-5-7-19(8-6-18)33(30,31)26-22-24-10-12-32-22/h1-8,10,12,16H,9,11,13-14H2,(H,24,26)(H,25,29)/t16-/m0/s1. The van der Waals surface area contributed by atoms with Crippen LogP contribution in [0.15, 0.2) is 65.0 Å². The lowest BCUT2D eigenvalue weighted by atomic mass is 10.1. The number of anilines is 2. The van der Waals surface area contributed by atoms with E-state index in [1.165, 1.54) is 53.9 Å². The van der Waals surface area contributed by atoms with Gasteiger partial charge in [-0.3, -0.25) is 14.3 Å². The fraction of sp³-hybridized carbons (Fsp3) is 0.227. The van der Waals surface area contributed by atoms with E-state index >= 15 is 0 Å². The number of amides is 2. The Hall–Kier alpha value is -3.31. The minimum Gasteiger partial charge on any atom is -0.342 e. The van der Waals surface area contributed by atoms with Crippen LogP contribution in [0, 0.1) is 11.7 Å². The summed E-state index contributed by atoms with van der Waals surface area (Å²) in [5.74, 6) is -1.22. The van der Waals surface area contributed by atoms with E-state index in [1.54, 1.807) is 22.4 Å². The van der Waals surface area contributed by atoms with E-state index in [0.29, 0.717) is 25.2 Å². The maximum atomic E-state index is 13.0. The van der Waals surface area contributed by atoms with Crippen molar-refractivity contribution in [3.63, 3.8) is 0 Å². The molecule has 2 aromatic carbocycles. The van der Waals surface area contributed by atoms with Crippen molar-refractivity contribution in [1.82, 2.24) is 9.88 Å². The number of rotatable bonds is 8. The second-order valence-corrected chi connectivity index (χ2v) is 10.2. The Balaban J connectivity index is 1.31. The normalized spacial score (nSPS) is 16.1. The lowest BCUT2D eigenvalue weighted by Gasteiger charge is -2.16. The van der Waals surface area contributed by atoms with Crippen LogP contribution < -0.4 is 10.0 Å². The predicted molar refractivity (Wildman–Crippen MR) is 123 cm³/mol. The number of sulfonamides is 1. The smallest absolute Gasteiger partial charge is 0.263 e. The molecule has 11 heteroatoms. The van der Waals surface area contributed by atoms with Crippen LogP contribution in [0.3, 0.4) is 0 Å². The third kappa shape index (κ3) is 5.74. The molecule has 4 rings (SSSR count). The fourth-order valence-electron chi connectivity index (χ4n) is 3.49. The minimum absolute atomic E-state index is 0.0405. The van der Waals surface area contributed by atoms with E-state index in [9.17, 15) is 22.4 Å². The number of hydrogen-bond acceptors (Lipinski definition) is 6. The van der Waals surface area contributed by atoms with Crippen LogP contribution >= 0.6 is 11.3 Å². The van der Waals surface area contributed by atoms with Gasteiger partial charge in [-0.05, 0) is 48.4 Å². The molecule has 1 aliphatic heterocycles. The van der Waals surface area contributed by atoms with Gasteiger partial charge in [0.15, 0.2) is 5.13 Å². The van der Waals surface area contributed by atoms with E-state index in [0.717, 1.165) is 5.56 Å². The van der Waals surface area contributed by atoms with Gasteiger partial charge in [0.2, 0.25) is 11.8 Å². The summed E-state index contributed by atoms with van der Waals surface area (Å²) in [4.78, 5) is 30.5. The van der Waals surface area contributed by atoms with Crippen molar-refractivity contribution in [1.29, 1.82) is 0 Å². The second kappa shape index (κ2) is 9.67. The first-order valence-electron chi connectivity index (χ1n) is 10.2. The van der Waals surface area contributed by atoms with Crippen LogP contribution in [0.4, 0.5) is 15.2 Å². The van der Waals surface area contributed by atoms with Crippen LogP contribution in [-0.2, 0) is 26.0 Å². The molecule has 3 aromatic rings. The lowest BCUT2D eigenvalue weighted by molar-refractivity contribution is -0.128. The van der Waals surface area contributed by atoms with Gasteiger partial charge in [-0.1, -0.05) is 12.1 Å². The number of carbonyl (C=O) groups excluding carboxylic acids is 2. The van der Waals surface area contributed by atoms with Gasteiger partial charge in [-0.25, -0.2) is 17.8 Å². The Kier molecular flexibility index (Phi) is 6.70. The van der Waals surface area contributed by atoms with Gasteiger partial charge in [0.1, 0.15) is 5.82 Å². The van der Waals surface area contributed by atoms with Gasteiger partial charge < -0.3 is 10.2 Å². The van der Waals surface area contributed by atoms with Crippen molar-refractivity contribution in [2.24, 2.45) is 5.92 Å². The number of hydrogen-bond donors (Lipinski definition) is 2. The number of nitrogens with zero attached hydrogens (tertiary/aromatic N) is 2. The van der Waals surface area contributed by atoms with Crippen LogP contribution in [0.2, 0.25) is 0 Å². The molecule has 1 aromatic heterocycles. The van der Waals surface area contributed by atoms with E-state index in [2.05, 4.69) is 15.0 Å². The van der Waals surface area contributed by atoms with Crippen LogP contribution in [0.1, 0.15) is 12.0 Å². The van der Waals surface area contributed by atoms with Crippen LogP contribution in [0.25, 0.3) is 0 Å². The van der Waals surface area contributed by atoms with E-state index in [1.807, 2.05) is 0 Å². The predicted octanol–water partition coefficient (Wildman–Crippen LogP) is 3.11. The molecule has 2 amide bonds. The first kappa shape index (κ1) is 22.9. The molecule has 8 nitrogen and oxygen atoms in total. The van der Waals surface area contributed by atoms with Gasteiger partial charge in [-0.15, -0.1) is 11.3 Å². The molecule has 2 heterocycles. The third-order valence-corrected chi connectivity index (χ3v) is 7.43. The third-order valence-electron chi connectivity index (χ3n) is 5.26. The highest BCUT2D eigenvalue weighted by atomic mass is 32.2. The quantitative estimate of drug-likeness (QED) is 0.507. The number of likely N-dealkylation sites (tertiary alicyclic amines) is 1. The molecule has 0 spiro atoms. The molecule has 0 bridgehead atoms. The molecular formula is C22H21FN4O4S2. The zero-order chi connectivity index (χ0) is 23.4. The molecule has 2 N–H and O–H groups in total. The highest BCUT2D eigenvalue weighted by molar-refractivity contribution is 7.93. The molecule has 172 valence electrons. The van der Waals surface area contributed by atoms with Gasteiger partial charge in [0.25, 0.3) is 10.0 Å². The number of benzene rings is 2. The van der Waals surface area contributed by atoms with Gasteiger partial charge in [0.05, 0.1) is 10.8 Å². The Morgan fingerprint density at radius 1 is 1.15 bits per heavy atom. The van der Waals surface area contributed by atoms with Crippen LogP contribution in [-0.4, -0.2) is 43.2 Å². The molecule has 0 radical (unpaired) electrons. The Labute approximate surface area is 194 Å². The fourth-order valence-corrected chi connectivity index (χ4v) is 5.28. The average Bonchev–Trinajstić information content (AvgIpc) is 3.43. The summed E-state index contributed by atoms with van der Waals surface area (Å²) in [5.41, 5.74) is 1.35. The molecule has 1 saturated heterocycles. The highest BCUT2D eigenvalue weighted by Gasteiger charge is 2.34. The average molecular weight is 489 g/mol. The highest BCUT2D eigenvalue weighted by Crippen LogP contribution is 2.22. The summed E-state index contributed by atoms with van der Waals surface area (Å²) < 4.78 is 40.2. The summed E-state index contributed by atoms with van der Waals surface area (Å²) in [6.07, 6.45) is 2.18. The van der Waals surface area contributed by atoms with Crippen molar-refractivity contribution in [2.75, 3.05) is 23.1 Å². The number of thiazole rings is 1. The van der Waals surface area contributed by atoms with E-state index in [-0.39, 0.29) is 34.1 Å². The maximum Gasteiger partial charge on any atom is 0.263 e. The van der Waals surface area contributed by atoms with Crippen molar-refractivity contribution in [2.45, 2.75) is 17.7 Å². The Morgan fingerprint density at radius 3 is 2.55 bits per heavy atom. The topological polar surface area (TPSA) is 108 Å². The number of halogens is 1. The van der Waals surface area contributed by atoms with E-state index < -0.39 is 15.9 Å². The Morgan fingerprint density at radius 2 is 1.88 bits per heavy atom. The van der Waals surface area contributed by atoms with Crippen molar-refractivity contribution >= 4 is 44.0 Å². The summed E-state index contributed by atoms with van der Waals surface area (Å²) in [5, 5.41) is 4.67. The summed E-state index contributed by atoms with van der Waals surface area (Å²) >= 11 is 1.17. The van der Waals surface area contributed by atoms with Crippen molar-refractivity contribution < 1.29 is 22.4 Å². The molecular weight excluding hydrogens is 467 g/mol. The number of aromatic nitrogens is 1. The largest absolute Gasteiger partial charge is 0.342 e. The minimum atomic E-state index is -3.78. The first-order chi connectivity index (χ1) is 15.8.